The Kier molecular flexibility index (Phi) is 3.90. The highest BCUT2D eigenvalue weighted by Crippen LogP contribution is 2.32. The van der Waals surface area contributed by atoms with E-state index < -0.39 is 5.97 Å². The monoisotopic (exact) mass is 288 g/mol. The SMILES string of the molecule is O=C(O)[C@@H]1CC[C@H](C(=O)Nc2cnc3c(c2)CCCC3)C1. The molecule has 0 aliphatic heterocycles. The van der Waals surface area contributed by atoms with Crippen LogP contribution in [0.4, 0.5) is 5.69 Å². The molecule has 2 atom stereocenters. The van der Waals surface area contributed by atoms with E-state index in [-0.39, 0.29) is 17.7 Å². The zero-order chi connectivity index (χ0) is 14.8. The van der Waals surface area contributed by atoms with Gasteiger partial charge in [-0.25, -0.2) is 0 Å². The molecular formula is C16H20N2O3. The molecule has 1 saturated carbocycles. The minimum Gasteiger partial charge on any atom is -0.481 e. The number of fused-ring (bicyclic) bond motifs is 1. The molecule has 0 unspecified atom stereocenters. The van der Waals surface area contributed by atoms with Crippen LogP contribution in [0.2, 0.25) is 0 Å². The number of hydrogen-bond acceptors (Lipinski definition) is 3. The van der Waals surface area contributed by atoms with Crippen molar-refractivity contribution in [2.75, 3.05) is 5.32 Å². The Morgan fingerprint density at radius 2 is 1.95 bits per heavy atom. The normalized spacial score (nSPS) is 24.4. The molecule has 21 heavy (non-hydrogen) atoms. The first-order valence-electron chi connectivity index (χ1n) is 7.65. The number of carboxylic acids is 1. The molecule has 2 N–H and O–H groups in total. The van der Waals surface area contributed by atoms with Crippen LogP contribution in [0.1, 0.15) is 43.4 Å². The summed E-state index contributed by atoms with van der Waals surface area (Å²) in [5.41, 5.74) is 3.11. The first-order valence-corrected chi connectivity index (χ1v) is 7.65. The standard InChI is InChI=1S/C16H20N2O3/c19-15(11-5-6-12(7-11)16(20)21)18-13-8-10-3-1-2-4-14(10)17-9-13/h8-9,11-12H,1-7H2,(H,18,19)(H,20,21)/t11-,12+/m0/s1. The maximum atomic E-state index is 12.2. The van der Waals surface area contributed by atoms with Gasteiger partial charge in [0, 0.05) is 11.6 Å². The average molecular weight is 288 g/mol. The van der Waals surface area contributed by atoms with E-state index in [1.807, 2.05) is 6.07 Å². The lowest BCUT2D eigenvalue weighted by molar-refractivity contribution is -0.141. The maximum Gasteiger partial charge on any atom is 0.306 e. The van der Waals surface area contributed by atoms with E-state index in [0.29, 0.717) is 19.3 Å². The van der Waals surface area contributed by atoms with E-state index in [4.69, 9.17) is 5.11 Å². The summed E-state index contributed by atoms with van der Waals surface area (Å²) in [6, 6.07) is 2.02. The molecule has 3 rings (SSSR count). The summed E-state index contributed by atoms with van der Waals surface area (Å²) in [6.07, 6.45) is 7.81. The highest BCUT2D eigenvalue weighted by Gasteiger charge is 2.33. The number of carboxylic acid groups (broad SMARTS) is 1. The zero-order valence-electron chi connectivity index (χ0n) is 12.0. The number of carbonyl (C=O) groups excluding carboxylic acids is 1. The number of pyridine rings is 1. The van der Waals surface area contributed by atoms with Gasteiger partial charge in [-0.05, 0) is 56.6 Å². The quantitative estimate of drug-likeness (QED) is 0.895. The van der Waals surface area contributed by atoms with E-state index in [1.54, 1.807) is 6.20 Å². The second-order valence-electron chi connectivity index (χ2n) is 6.07. The predicted octanol–water partition coefficient (Wildman–Crippen LogP) is 2.40. The third-order valence-electron chi connectivity index (χ3n) is 4.59. The fraction of sp³-hybridized carbons (Fsp3) is 0.562. The molecule has 0 saturated heterocycles. The molecule has 0 radical (unpaired) electrons. The van der Waals surface area contributed by atoms with Gasteiger partial charge < -0.3 is 10.4 Å². The van der Waals surface area contributed by atoms with Crippen molar-refractivity contribution in [3.05, 3.63) is 23.5 Å². The van der Waals surface area contributed by atoms with Crippen LogP contribution in [0.5, 0.6) is 0 Å². The molecule has 1 heterocycles. The molecule has 0 bridgehead atoms. The molecule has 1 fully saturated rings. The van der Waals surface area contributed by atoms with Crippen molar-refractivity contribution in [1.29, 1.82) is 0 Å². The van der Waals surface area contributed by atoms with Crippen LogP contribution < -0.4 is 5.32 Å². The Balaban J connectivity index is 1.64. The smallest absolute Gasteiger partial charge is 0.306 e. The van der Waals surface area contributed by atoms with Gasteiger partial charge in [-0.2, -0.15) is 0 Å². The van der Waals surface area contributed by atoms with Gasteiger partial charge >= 0.3 is 5.97 Å². The molecule has 2 aliphatic rings. The molecule has 112 valence electrons. The lowest BCUT2D eigenvalue weighted by atomic mass is 9.96. The molecule has 1 aromatic heterocycles. The van der Waals surface area contributed by atoms with E-state index >= 15 is 0 Å². The molecule has 0 spiro atoms. The van der Waals surface area contributed by atoms with Gasteiger partial charge in [-0.15, -0.1) is 0 Å². The Labute approximate surface area is 123 Å². The number of anilines is 1. The molecule has 1 amide bonds. The van der Waals surface area contributed by atoms with E-state index in [2.05, 4.69) is 10.3 Å². The third-order valence-corrected chi connectivity index (χ3v) is 4.59. The van der Waals surface area contributed by atoms with Crippen LogP contribution in [0.25, 0.3) is 0 Å². The maximum absolute atomic E-state index is 12.2. The van der Waals surface area contributed by atoms with Crippen molar-refractivity contribution in [2.45, 2.75) is 44.9 Å². The van der Waals surface area contributed by atoms with Crippen LogP contribution in [-0.2, 0) is 22.4 Å². The van der Waals surface area contributed by atoms with E-state index in [0.717, 1.165) is 24.2 Å². The number of aliphatic carboxylic acids is 1. The number of carbonyl (C=O) groups is 2. The molecular weight excluding hydrogens is 268 g/mol. The summed E-state index contributed by atoms with van der Waals surface area (Å²) >= 11 is 0. The van der Waals surface area contributed by atoms with Gasteiger partial charge in [-0.1, -0.05) is 0 Å². The number of aryl methyl sites for hydroxylation is 2. The molecule has 1 aromatic rings. The number of nitrogens with zero attached hydrogens (tertiary/aromatic N) is 1. The fourth-order valence-corrected chi connectivity index (χ4v) is 3.34. The Morgan fingerprint density at radius 3 is 2.71 bits per heavy atom. The van der Waals surface area contributed by atoms with Crippen molar-refractivity contribution in [2.24, 2.45) is 11.8 Å². The van der Waals surface area contributed by atoms with E-state index in [1.165, 1.54) is 18.4 Å². The van der Waals surface area contributed by atoms with Crippen molar-refractivity contribution in [3.63, 3.8) is 0 Å². The average Bonchev–Trinajstić information content (AvgIpc) is 2.97. The first-order chi connectivity index (χ1) is 10.1. The Hall–Kier alpha value is -1.91. The Bertz CT molecular complexity index is 571. The van der Waals surface area contributed by atoms with Gasteiger partial charge in [0.1, 0.15) is 0 Å². The topological polar surface area (TPSA) is 79.3 Å². The number of hydrogen-bond donors (Lipinski definition) is 2. The summed E-state index contributed by atoms with van der Waals surface area (Å²) in [6.45, 7) is 0. The summed E-state index contributed by atoms with van der Waals surface area (Å²) in [4.78, 5) is 27.6. The number of aromatic nitrogens is 1. The van der Waals surface area contributed by atoms with E-state index in [9.17, 15) is 9.59 Å². The van der Waals surface area contributed by atoms with Crippen LogP contribution in [0.3, 0.4) is 0 Å². The van der Waals surface area contributed by atoms with Crippen molar-refractivity contribution < 1.29 is 14.7 Å². The molecule has 0 aromatic carbocycles. The van der Waals surface area contributed by atoms with Crippen LogP contribution in [0.15, 0.2) is 12.3 Å². The molecule has 5 heteroatoms. The third kappa shape index (κ3) is 3.06. The second kappa shape index (κ2) is 5.84. The summed E-state index contributed by atoms with van der Waals surface area (Å²) in [7, 11) is 0. The van der Waals surface area contributed by atoms with Gasteiger partial charge in [0.15, 0.2) is 0 Å². The summed E-state index contributed by atoms with van der Waals surface area (Å²) in [5, 5.41) is 11.9. The lowest BCUT2D eigenvalue weighted by Crippen LogP contribution is -2.22. The van der Waals surface area contributed by atoms with Crippen LogP contribution >= 0.6 is 0 Å². The van der Waals surface area contributed by atoms with Gasteiger partial charge in [0.2, 0.25) is 5.91 Å². The van der Waals surface area contributed by atoms with Gasteiger partial charge in [0.25, 0.3) is 0 Å². The largest absolute Gasteiger partial charge is 0.481 e. The highest BCUT2D eigenvalue weighted by atomic mass is 16.4. The first kappa shape index (κ1) is 14.0. The minimum absolute atomic E-state index is 0.0729. The fourth-order valence-electron chi connectivity index (χ4n) is 3.34. The zero-order valence-corrected chi connectivity index (χ0v) is 12.0. The number of nitrogens with one attached hydrogen (secondary N) is 1. The lowest BCUT2D eigenvalue weighted by Gasteiger charge is -2.16. The highest BCUT2D eigenvalue weighted by molar-refractivity contribution is 5.93. The van der Waals surface area contributed by atoms with Crippen molar-refractivity contribution >= 4 is 17.6 Å². The predicted molar refractivity (Wildman–Crippen MR) is 78.0 cm³/mol. The van der Waals surface area contributed by atoms with Crippen LogP contribution in [0, 0.1) is 11.8 Å². The summed E-state index contributed by atoms with van der Waals surface area (Å²) < 4.78 is 0. The van der Waals surface area contributed by atoms with Crippen molar-refractivity contribution in [3.8, 4) is 0 Å². The minimum atomic E-state index is -0.791. The second-order valence-corrected chi connectivity index (χ2v) is 6.07. The molecule has 5 nitrogen and oxygen atoms in total. The molecule has 2 aliphatic carbocycles. The number of amides is 1. The summed E-state index contributed by atoms with van der Waals surface area (Å²) in [5.74, 6) is -1.43. The van der Waals surface area contributed by atoms with Gasteiger partial charge in [0.05, 0.1) is 17.8 Å². The van der Waals surface area contributed by atoms with Crippen LogP contribution in [-0.4, -0.2) is 22.0 Å². The Morgan fingerprint density at radius 1 is 1.19 bits per heavy atom. The van der Waals surface area contributed by atoms with Crippen molar-refractivity contribution in [1.82, 2.24) is 4.98 Å². The van der Waals surface area contributed by atoms with Gasteiger partial charge in [-0.3, -0.25) is 14.6 Å². The number of rotatable bonds is 3.